The van der Waals surface area contributed by atoms with Crippen molar-refractivity contribution >= 4 is 10.8 Å². The summed E-state index contributed by atoms with van der Waals surface area (Å²) in [6, 6.07) is 5.48. The topological polar surface area (TPSA) is 58.6 Å². The van der Waals surface area contributed by atoms with Crippen LogP contribution in [0.2, 0.25) is 0 Å². The van der Waals surface area contributed by atoms with Crippen LogP contribution in [0.15, 0.2) is 18.2 Å². The second-order valence-corrected chi connectivity index (χ2v) is 5.56. The fourth-order valence-electron chi connectivity index (χ4n) is 1.61. The smallest absolute Gasteiger partial charge is 0.162 e. The van der Waals surface area contributed by atoms with Gasteiger partial charge in [-0.25, -0.2) is 0 Å². The maximum atomic E-state index is 10.9. The number of phenols is 1. The average molecular weight is 271 g/mol. The maximum Gasteiger partial charge on any atom is 0.162 e. The van der Waals surface area contributed by atoms with Crippen molar-refractivity contribution in [1.29, 1.82) is 0 Å². The second kappa shape index (κ2) is 8.11. The number of nitrogens with one attached hydrogen (secondary N) is 1. The Kier molecular flexibility index (Phi) is 6.75. The van der Waals surface area contributed by atoms with Crippen LogP contribution in [-0.2, 0) is 17.3 Å². The van der Waals surface area contributed by atoms with Crippen molar-refractivity contribution < 1.29 is 14.1 Å². The largest absolute Gasteiger partial charge is 0.504 e. The minimum atomic E-state index is -0.734. The van der Waals surface area contributed by atoms with Crippen molar-refractivity contribution in [3.05, 3.63) is 23.8 Å². The van der Waals surface area contributed by atoms with E-state index in [0.717, 1.165) is 18.5 Å². The predicted molar refractivity (Wildman–Crippen MR) is 74.5 cm³/mol. The molecule has 0 radical (unpaired) electrons. The van der Waals surface area contributed by atoms with Gasteiger partial charge < -0.3 is 15.2 Å². The molecule has 18 heavy (non-hydrogen) atoms. The molecule has 1 aromatic carbocycles. The van der Waals surface area contributed by atoms with Crippen LogP contribution in [0.25, 0.3) is 0 Å². The van der Waals surface area contributed by atoms with Crippen LogP contribution in [0, 0.1) is 0 Å². The van der Waals surface area contributed by atoms with Crippen LogP contribution < -0.4 is 10.1 Å². The molecule has 0 aliphatic rings. The Morgan fingerprint density at radius 3 is 2.89 bits per heavy atom. The number of hydrogen-bond donors (Lipinski definition) is 2. The van der Waals surface area contributed by atoms with Crippen molar-refractivity contribution in [3.8, 4) is 11.5 Å². The molecule has 4 nitrogen and oxygen atoms in total. The molecule has 0 spiro atoms. The summed E-state index contributed by atoms with van der Waals surface area (Å²) in [5.74, 6) is 1.43. The van der Waals surface area contributed by atoms with E-state index in [0.29, 0.717) is 24.7 Å². The van der Waals surface area contributed by atoms with Crippen LogP contribution in [0.5, 0.6) is 11.5 Å². The van der Waals surface area contributed by atoms with Crippen LogP contribution in [-0.4, -0.2) is 34.5 Å². The minimum Gasteiger partial charge on any atom is -0.504 e. The van der Waals surface area contributed by atoms with E-state index in [1.54, 1.807) is 12.3 Å². The fraction of sp³-hybridized carbons (Fsp3) is 0.538. The van der Waals surface area contributed by atoms with E-state index >= 15 is 0 Å². The van der Waals surface area contributed by atoms with E-state index in [9.17, 15) is 9.32 Å². The third-order valence-corrected chi connectivity index (χ3v) is 3.35. The molecule has 0 aromatic heterocycles. The van der Waals surface area contributed by atoms with E-state index < -0.39 is 10.8 Å². The number of phenolic OH excluding ortho intramolecular Hbond substituents is 1. The van der Waals surface area contributed by atoms with Crippen LogP contribution in [0.1, 0.15) is 18.9 Å². The van der Waals surface area contributed by atoms with E-state index in [1.807, 2.05) is 19.1 Å². The number of para-hydroxylation sites is 1. The fourth-order valence-corrected chi connectivity index (χ4v) is 2.16. The Morgan fingerprint density at radius 1 is 1.44 bits per heavy atom. The average Bonchev–Trinajstić information content (AvgIpc) is 2.33. The SMILES string of the molecule is CCOc1cccc(CNCCCS(C)=O)c1O. The van der Waals surface area contributed by atoms with Gasteiger partial charge in [-0.15, -0.1) is 0 Å². The van der Waals surface area contributed by atoms with Crippen LogP contribution in [0.4, 0.5) is 0 Å². The van der Waals surface area contributed by atoms with Gasteiger partial charge in [0.25, 0.3) is 0 Å². The third kappa shape index (κ3) is 5.06. The number of hydrogen-bond acceptors (Lipinski definition) is 4. The summed E-state index contributed by atoms with van der Waals surface area (Å²) in [6.45, 7) is 3.79. The van der Waals surface area contributed by atoms with Gasteiger partial charge in [-0.05, 0) is 26.0 Å². The Bertz CT molecular complexity index is 396. The van der Waals surface area contributed by atoms with Gasteiger partial charge in [0.05, 0.1) is 6.61 Å². The standard InChI is InChI=1S/C13H21NO3S/c1-3-17-12-7-4-6-11(13(12)15)10-14-8-5-9-18(2)16/h4,6-7,14-15H,3,5,8-10H2,1-2H3. The number of ether oxygens (including phenoxy) is 1. The van der Waals surface area contributed by atoms with Crippen LogP contribution in [0.3, 0.4) is 0 Å². The molecule has 0 amide bonds. The number of rotatable bonds is 8. The second-order valence-electron chi connectivity index (χ2n) is 4.00. The normalized spacial score (nSPS) is 12.3. The molecule has 0 heterocycles. The molecule has 0 bridgehead atoms. The van der Waals surface area contributed by atoms with Gasteiger partial charge in [0.1, 0.15) is 0 Å². The summed E-state index contributed by atoms with van der Waals surface area (Å²) in [6.07, 6.45) is 2.58. The first-order chi connectivity index (χ1) is 8.65. The Morgan fingerprint density at radius 2 is 2.22 bits per heavy atom. The van der Waals surface area contributed by atoms with E-state index in [2.05, 4.69) is 5.32 Å². The monoisotopic (exact) mass is 271 g/mol. The van der Waals surface area contributed by atoms with E-state index in [-0.39, 0.29) is 5.75 Å². The van der Waals surface area contributed by atoms with Crippen LogP contribution >= 0.6 is 0 Å². The molecule has 1 aromatic rings. The van der Waals surface area contributed by atoms with E-state index in [4.69, 9.17) is 4.74 Å². The van der Waals surface area contributed by atoms with E-state index in [1.165, 1.54) is 0 Å². The molecule has 1 atom stereocenters. The van der Waals surface area contributed by atoms with Gasteiger partial charge in [0.15, 0.2) is 11.5 Å². The highest BCUT2D eigenvalue weighted by atomic mass is 32.2. The minimum absolute atomic E-state index is 0.200. The van der Waals surface area contributed by atoms with Gasteiger partial charge in [0, 0.05) is 34.9 Å². The molecule has 0 saturated carbocycles. The zero-order valence-corrected chi connectivity index (χ0v) is 11.8. The molecule has 1 rings (SSSR count). The summed E-state index contributed by atoms with van der Waals surface area (Å²) in [5, 5.41) is 13.2. The van der Waals surface area contributed by atoms with Crippen molar-refractivity contribution in [2.24, 2.45) is 0 Å². The Hall–Kier alpha value is -1.07. The summed E-state index contributed by atoms with van der Waals surface area (Å²) in [7, 11) is -0.734. The van der Waals surface area contributed by atoms with Gasteiger partial charge >= 0.3 is 0 Å². The molecule has 0 fully saturated rings. The third-order valence-electron chi connectivity index (χ3n) is 2.48. The molecule has 2 N–H and O–H groups in total. The molecule has 1 unspecified atom stereocenters. The molecule has 5 heteroatoms. The molecular weight excluding hydrogens is 250 g/mol. The van der Waals surface area contributed by atoms with Gasteiger partial charge in [0.2, 0.25) is 0 Å². The van der Waals surface area contributed by atoms with Crippen molar-refractivity contribution in [1.82, 2.24) is 5.32 Å². The quantitative estimate of drug-likeness (QED) is 0.706. The molecular formula is C13H21NO3S. The van der Waals surface area contributed by atoms with Gasteiger partial charge in [-0.2, -0.15) is 0 Å². The van der Waals surface area contributed by atoms with Crippen molar-refractivity contribution in [3.63, 3.8) is 0 Å². The Labute approximate surface area is 111 Å². The molecule has 0 saturated heterocycles. The summed E-state index contributed by atoms with van der Waals surface area (Å²) in [4.78, 5) is 0. The maximum absolute atomic E-state index is 10.9. The first kappa shape index (κ1) is 15.0. The summed E-state index contributed by atoms with van der Waals surface area (Å²) >= 11 is 0. The van der Waals surface area contributed by atoms with Crippen molar-refractivity contribution in [2.75, 3.05) is 25.2 Å². The lowest BCUT2D eigenvalue weighted by Crippen LogP contribution is -2.16. The van der Waals surface area contributed by atoms with Gasteiger partial charge in [-0.3, -0.25) is 4.21 Å². The summed E-state index contributed by atoms with van der Waals surface area (Å²) < 4.78 is 16.2. The zero-order chi connectivity index (χ0) is 13.4. The highest BCUT2D eigenvalue weighted by Gasteiger charge is 2.06. The first-order valence-electron chi connectivity index (χ1n) is 6.09. The molecule has 102 valence electrons. The lowest BCUT2D eigenvalue weighted by atomic mass is 10.2. The molecule has 0 aliphatic carbocycles. The lowest BCUT2D eigenvalue weighted by molar-refractivity contribution is 0.316. The zero-order valence-electron chi connectivity index (χ0n) is 10.9. The van der Waals surface area contributed by atoms with Crippen molar-refractivity contribution in [2.45, 2.75) is 19.9 Å². The highest BCUT2D eigenvalue weighted by Crippen LogP contribution is 2.29. The molecule has 0 aliphatic heterocycles. The number of aromatic hydroxyl groups is 1. The highest BCUT2D eigenvalue weighted by molar-refractivity contribution is 7.84. The lowest BCUT2D eigenvalue weighted by Gasteiger charge is -2.10. The predicted octanol–water partition coefficient (Wildman–Crippen LogP) is 1.65. The number of benzene rings is 1. The summed E-state index contributed by atoms with van der Waals surface area (Å²) in [5.41, 5.74) is 0.818. The van der Waals surface area contributed by atoms with Gasteiger partial charge in [-0.1, -0.05) is 12.1 Å². The Balaban J connectivity index is 2.42. The first-order valence-corrected chi connectivity index (χ1v) is 7.82.